The van der Waals surface area contributed by atoms with Crippen molar-refractivity contribution >= 4 is 33.2 Å². The quantitative estimate of drug-likeness (QED) is 0.434. The van der Waals surface area contributed by atoms with Crippen LogP contribution in [0.3, 0.4) is 0 Å². The zero-order valence-electron chi connectivity index (χ0n) is 9.98. The summed E-state index contributed by atoms with van der Waals surface area (Å²) < 4.78 is 19.1. The summed E-state index contributed by atoms with van der Waals surface area (Å²) in [5.41, 5.74) is 0.163. The second-order valence-electron chi connectivity index (χ2n) is 3.82. The second kappa shape index (κ2) is 6.19. The lowest BCUT2D eigenvalue weighted by Gasteiger charge is -2.11. The van der Waals surface area contributed by atoms with E-state index in [1.807, 2.05) is 0 Å². The van der Waals surface area contributed by atoms with E-state index in [2.05, 4.69) is 15.9 Å². The van der Waals surface area contributed by atoms with Crippen molar-refractivity contribution in [1.29, 1.82) is 0 Å². The summed E-state index contributed by atoms with van der Waals surface area (Å²) in [5, 5.41) is 11.2. The highest BCUT2D eigenvalue weighted by Crippen LogP contribution is 2.35. The Bertz CT molecular complexity index is 666. The zero-order valence-corrected chi connectivity index (χ0v) is 12.3. The highest BCUT2D eigenvalue weighted by molar-refractivity contribution is 9.08. The van der Waals surface area contributed by atoms with Crippen LogP contribution < -0.4 is 4.74 Å². The first-order valence-electron chi connectivity index (χ1n) is 5.48. The van der Waals surface area contributed by atoms with Gasteiger partial charge in [-0.2, -0.15) is 0 Å². The standard InChI is InChI=1S/C13H8BrClFNO3/c14-7-9-11(16)2-1-3-12(9)20-13-6-8(17(18)19)4-5-10(13)15/h1-6H,7H2. The van der Waals surface area contributed by atoms with E-state index in [0.717, 1.165) is 0 Å². The molecule has 0 radical (unpaired) electrons. The van der Waals surface area contributed by atoms with Gasteiger partial charge in [-0.3, -0.25) is 10.1 Å². The first-order valence-corrected chi connectivity index (χ1v) is 6.98. The molecule has 7 heteroatoms. The van der Waals surface area contributed by atoms with Gasteiger partial charge in [0.1, 0.15) is 11.6 Å². The lowest BCUT2D eigenvalue weighted by molar-refractivity contribution is -0.384. The molecule has 2 aromatic carbocycles. The Hall–Kier alpha value is -1.66. The maximum absolute atomic E-state index is 13.6. The number of benzene rings is 2. The van der Waals surface area contributed by atoms with Crippen LogP contribution >= 0.6 is 27.5 Å². The van der Waals surface area contributed by atoms with Crippen LogP contribution in [0.25, 0.3) is 0 Å². The van der Waals surface area contributed by atoms with Gasteiger partial charge in [0.15, 0.2) is 5.75 Å². The van der Waals surface area contributed by atoms with Gasteiger partial charge >= 0.3 is 0 Å². The number of hydrogen-bond donors (Lipinski definition) is 0. The lowest BCUT2D eigenvalue weighted by Crippen LogP contribution is -1.95. The van der Waals surface area contributed by atoms with Crippen molar-refractivity contribution in [2.24, 2.45) is 0 Å². The smallest absolute Gasteiger partial charge is 0.273 e. The van der Waals surface area contributed by atoms with Gasteiger partial charge in [0, 0.05) is 17.0 Å². The molecule has 0 saturated carbocycles. The minimum atomic E-state index is -0.555. The fraction of sp³-hybridized carbons (Fsp3) is 0.0769. The van der Waals surface area contributed by atoms with Crippen molar-refractivity contribution in [2.75, 3.05) is 0 Å². The van der Waals surface area contributed by atoms with Gasteiger partial charge in [-0.25, -0.2) is 4.39 Å². The molecular formula is C13H8BrClFNO3. The zero-order chi connectivity index (χ0) is 14.7. The number of non-ortho nitro benzene ring substituents is 1. The number of nitro benzene ring substituents is 1. The highest BCUT2D eigenvalue weighted by Gasteiger charge is 2.14. The average molecular weight is 361 g/mol. The van der Waals surface area contributed by atoms with Crippen molar-refractivity contribution in [3.8, 4) is 11.5 Å². The summed E-state index contributed by atoms with van der Waals surface area (Å²) in [6.07, 6.45) is 0. The molecule has 0 atom stereocenters. The third kappa shape index (κ3) is 3.08. The molecule has 0 spiro atoms. The third-order valence-electron chi connectivity index (χ3n) is 2.56. The molecule has 0 heterocycles. The summed E-state index contributed by atoms with van der Waals surface area (Å²) in [4.78, 5) is 10.2. The van der Waals surface area contributed by atoms with Gasteiger partial charge in [-0.15, -0.1) is 0 Å². The summed E-state index contributed by atoms with van der Waals surface area (Å²) in [6, 6.07) is 8.19. The maximum atomic E-state index is 13.6. The average Bonchev–Trinajstić information content (AvgIpc) is 2.41. The molecule has 2 aromatic rings. The van der Waals surface area contributed by atoms with E-state index in [0.29, 0.717) is 5.56 Å². The topological polar surface area (TPSA) is 52.4 Å². The molecule has 0 saturated heterocycles. The minimum Gasteiger partial charge on any atom is -0.455 e. The van der Waals surface area contributed by atoms with E-state index in [9.17, 15) is 14.5 Å². The third-order valence-corrected chi connectivity index (χ3v) is 3.43. The van der Waals surface area contributed by atoms with E-state index in [-0.39, 0.29) is 27.5 Å². The molecule has 0 aliphatic rings. The van der Waals surface area contributed by atoms with Crippen LogP contribution in [-0.2, 0) is 5.33 Å². The van der Waals surface area contributed by atoms with Gasteiger partial charge in [0.05, 0.1) is 16.0 Å². The van der Waals surface area contributed by atoms with Crippen molar-refractivity contribution < 1.29 is 14.1 Å². The summed E-state index contributed by atoms with van der Waals surface area (Å²) in [7, 11) is 0. The van der Waals surface area contributed by atoms with E-state index < -0.39 is 10.7 Å². The fourth-order valence-electron chi connectivity index (χ4n) is 1.57. The first-order chi connectivity index (χ1) is 9.52. The largest absolute Gasteiger partial charge is 0.455 e. The van der Waals surface area contributed by atoms with Crippen LogP contribution in [0, 0.1) is 15.9 Å². The minimum absolute atomic E-state index is 0.105. The fourth-order valence-corrected chi connectivity index (χ4v) is 2.27. The van der Waals surface area contributed by atoms with Crippen LogP contribution in [0.1, 0.15) is 5.56 Å². The predicted octanol–water partition coefficient (Wildman–Crippen LogP) is 5.07. The SMILES string of the molecule is O=[N+]([O-])c1ccc(Cl)c(Oc2cccc(F)c2CBr)c1. The molecule has 0 N–H and O–H groups in total. The van der Waals surface area contributed by atoms with Gasteiger partial charge in [0.2, 0.25) is 0 Å². The van der Waals surface area contributed by atoms with E-state index in [1.165, 1.54) is 30.3 Å². The number of nitrogens with zero attached hydrogens (tertiary/aromatic N) is 1. The van der Waals surface area contributed by atoms with Crippen LogP contribution in [0.4, 0.5) is 10.1 Å². The van der Waals surface area contributed by atoms with E-state index in [4.69, 9.17) is 16.3 Å². The monoisotopic (exact) mass is 359 g/mol. The molecule has 0 aromatic heterocycles. The number of alkyl halides is 1. The molecule has 0 amide bonds. The van der Waals surface area contributed by atoms with Crippen LogP contribution in [0.15, 0.2) is 36.4 Å². The van der Waals surface area contributed by atoms with E-state index in [1.54, 1.807) is 6.07 Å². The maximum Gasteiger partial charge on any atom is 0.273 e. The molecule has 0 bridgehead atoms. The van der Waals surface area contributed by atoms with Gasteiger partial charge in [0.25, 0.3) is 5.69 Å². The van der Waals surface area contributed by atoms with E-state index >= 15 is 0 Å². The Morgan fingerprint density at radius 2 is 2.05 bits per heavy atom. The molecule has 0 aliphatic heterocycles. The Morgan fingerprint density at radius 1 is 1.30 bits per heavy atom. The van der Waals surface area contributed by atoms with Crippen molar-refractivity contribution in [1.82, 2.24) is 0 Å². The highest BCUT2D eigenvalue weighted by atomic mass is 79.9. The number of halogens is 3. The number of rotatable bonds is 4. The summed E-state index contributed by atoms with van der Waals surface area (Å²) >= 11 is 9.10. The van der Waals surface area contributed by atoms with Crippen LogP contribution in [0.2, 0.25) is 5.02 Å². The Labute approximate surface area is 127 Å². The van der Waals surface area contributed by atoms with Gasteiger partial charge < -0.3 is 4.74 Å². The van der Waals surface area contributed by atoms with Crippen molar-refractivity contribution in [3.63, 3.8) is 0 Å². The molecule has 0 unspecified atom stereocenters. The Balaban J connectivity index is 2.42. The number of hydrogen-bond acceptors (Lipinski definition) is 3. The van der Waals surface area contributed by atoms with Crippen molar-refractivity contribution in [2.45, 2.75) is 5.33 Å². The molecule has 20 heavy (non-hydrogen) atoms. The Kier molecular flexibility index (Phi) is 4.57. The molecule has 0 aliphatic carbocycles. The van der Waals surface area contributed by atoms with Gasteiger partial charge in [-0.05, 0) is 18.2 Å². The van der Waals surface area contributed by atoms with Crippen molar-refractivity contribution in [3.05, 3.63) is 62.9 Å². The van der Waals surface area contributed by atoms with Crippen LogP contribution in [-0.4, -0.2) is 4.92 Å². The Morgan fingerprint density at radius 3 is 2.70 bits per heavy atom. The second-order valence-corrected chi connectivity index (χ2v) is 4.79. The molecule has 4 nitrogen and oxygen atoms in total. The first kappa shape index (κ1) is 14.7. The summed E-state index contributed by atoms with van der Waals surface area (Å²) in [5.74, 6) is -0.0705. The molecule has 0 fully saturated rings. The summed E-state index contributed by atoms with van der Waals surface area (Å²) in [6.45, 7) is 0. The van der Waals surface area contributed by atoms with Gasteiger partial charge in [-0.1, -0.05) is 33.6 Å². The normalized spacial score (nSPS) is 10.3. The predicted molar refractivity (Wildman–Crippen MR) is 77.2 cm³/mol. The lowest BCUT2D eigenvalue weighted by atomic mass is 10.2. The van der Waals surface area contributed by atoms with Crippen LogP contribution in [0.5, 0.6) is 11.5 Å². The molecule has 104 valence electrons. The number of nitro groups is 1. The number of ether oxygens (including phenoxy) is 1. The molecular weight excluding hydrogens is 353 g/mol. The molecule has 2 rings (SSSR count).